The van der Waals surface area contributed by atoms with Crippen LogP contribution in [0.5, 0.6) is 5.75 Å². The maximum atomic E-state index is 14.6. The maximum absolute atomic E-state index is 14.6. The van der Waals surface area contributed by atoms with Crippen molar-refractivity contribution in [2.45, 2.75) is 32.3 Å². The number of nitrogens with zero attached hydrogens (tertiary/aromatic N) is 6. The van der Waals surface area contributed by atoms with E-state index < -0.39 is 11.9 Å². The predicted molar refractivity (Wildman–Crippen MR) is 165 cm³/mol. The molecule has 2 N–H and O–H groups in total. The minimum absolute atomic E-state index is 0.0547. The second kappa shape index (κ2) is 12.0. The number of rotatable bonds is 9. The van der Waals surface area contributed by atoms with E-state index in [1.165, 1.54) is 24.6 Å². The monoisotopic (exact) mass is 637 g/mol. The number of nitriles is 1. The van der Waals surface area contributed by atoms with Crippen LogP contribution in [0.15, 0.2) is 59.1 Å². The van der Waals surface area contributed by atoms with E-state index in [4.69, 9.17) is 9.72 Å². The number of aliphatic hydroxyl groups is 1. The zero-order valence-electron chi connectivity index (χ0n) is 23.6. The molecular weight excluding hydrogens is 612 g/mol. The molecule has 5 aromatic rings. The highest BCUT2D eigenvalue weighted by Crippen LogP contribution is 2.35. The number of methoxy groups -OCH3 is 1. The smallest absolute Gasteiger partial charge is 0.435 e. The van der Waals surface area contributed by atoms with E-state index in [1.54, 1.807) is 41.0 Å². The molecule has 0 unspecified atom stereocenters. The Morgan fingerprint density at radius 3 is 2.59 bits per heavy atom. The Bertz CT molecular complexity index is 1880. The Balaban J connectivity index is 1.34. The fraction of sp³-hybridized carbons (Fsp3) is 0.267. The number of ether oxygens (including phenoxy) is 1. The standard InChI is InChI=1S/C30H26F3N7O2S2/c1-3-40-15-23(22-10-18(6-9-24(22)40)28-35-19(16-43-28)12-39-13-20(41)14-39)27(30(31,32)33)37-38-29-36-26(25(11-34)44-29)17-4-7-21(42-2)8-5-17/h4-10,15-16,20,41H,3,12-14H2,1-2H3,(H,36,38)/b37-27-. The summed E-state index contributed by atoms with van der Waals surface area (Å²) in [5.41, 5.74) is 4.42. The van der Waals surface area contributed by atoms with Gasteiger partial charge in [0.25, 0.3) is 0 Å². The largest absolute Gasteiger partial charge is 0.497 e. The summed E-state index contributed by atoms with van der Waals surface area (Å²) < 4.78 is 50.6. The molecule has 44 heavy (non-hydrogen) atoms. The van der Waals surface area contributed by atoms with Crippen molar-refractivity contribution in [2.24, 2.45) is 5.10 Å². The van der Waals surface area contributed by atoms with Crippen molar-refractivity contribution in [3.8, 4) is 33.6 Å². The number of β-amino-alcohol motifs (C(OH)–C–C–N with tert-alkyl or cyclic N) is 1. The molecule has 1 fully saturated rings. The fourth-order valence-corrected chi connectivity index (χ4v) is 6.60. The van der Waals surface area contributed by atoms with Crippen LogP contribution in [0.25, 0.3) is 32.7 Å². The number of benzene rings is 2. The Kier molecular flexibility index (Phi) is 8.12. The number of aromatic nitrogens is 3. The van der Waals surface area contributed by atoms with Crippen LogP contribution in [-0.4, -0.2) is 62.7 Å². The average Bonchev–Trinajstić information content (AvgIpc) is 3.73. The van der Waals surface area contributed by atoms with Crippen LogP contribution in [-0.2, 0) is 13.1 Å². The van der Waals surface area contributed by atoms with Gasteiger partial charge in [-0.2, -0.15) is 23.5 Å². The molecule has 3 aromatic heterocycles. The van der Waals surface area contributed by atoms with Crippen molar-refractivity contribution in [2.75, 3.05) is 25.6 Å². The topological polar surface area (TPSA) is 112 Å². The highest BCUT2D eigenvalue weighted by molar-refractivity contribution is 7.16. The van der Waals surface area contributed by atoms with Gasteiger partial charge in [-0.05, 0) is 49.4 Å². The second-order valence-corrected chi connectivity index (χ2v) is 12.0. The molecule has 6 rings (SSSR count). The summed E-state index contributed by atoms with van der Waals surface area (Å²) in [6, 6.07) is 14.3. The van der Waals surface area contributed by atoms with Crippen molar-refractivity contribution in [3.05, 3.63) is 70.2 Å². The van der Waals surface area contributed by atoms with E-state index in [0.29, 0.717) is 64.7 Å². The molecular formula is C30H26F3N7O2S2. The number of hydrogen-bond acceptors (Lipinski definition) is 10. The molecule has 2 aromatic carbocycles. The number of hydrogen-bond donors (Lipinski definition) is 2. The van der Waals surface area contributed by atoms with Crippen molar-refractivity contribution in [1.29, 1.82) is 5.26 Å². The highest BCUT2D eigenvalue weighted by atomic mass is 32.1. The summed E-state index contributed by atoms with van der Waals surface area (Å²) in [5.74, 6) is 0.623. The van der Waals surface area contributed by atoms with Crippen LogP contribution < -0.4 is 10.2 Å². The molecule has 0 amide bonds. The second-order valence-electron chi connectivity index (χ2n) is 10.2. The van der Waals surface area contributed by atoms with E-state index in [1.807, 2.05) is 18.4 Å². The molecule has 226 valence electrons. The van der Waals surface area contributed by atoms with Gasteiger partial charge >= 0.3 is 6.18 Å². The van der Waals surface area contributed by atoms with Gasteiger partial charge in [0.2, 0.25) is 5.13 Å². The summed E-state index contributed by atoms with van der Waals surface area (Å²) in [6.07, 6.45) is -3.65. The highest BCUT2D eigenvalue weighted by Gasteiger charge is 2.39. The molecule has 1 aliphatic rings. The van der Waals surface area contributed by atoms with E-state index in [-0.39, 0.29) is 21.7 Å². The SMILES string of the molecule is CCn1cc(/C(=N/Nc2nc(-c3ccc(OC)cc3)c(C#N)s2)C(F)(F)F)c2cc(-c3nc(CN4CC(O)C4)cs3)ccc21. The molecule has 0 aliphatic carbocycles. The van der Waals surface area contributed by atoms with Crippen LogP contribution in [0.1, 0.15) is 23.1 Å². The first-order valence-corrected chi connectivity index (χ1v) is 15.3. The number of aliphatic hydroxyl groups excluding tert-OH is 1. The van der Waals surface area contributed by atoms with Crippen molar-refractivity contribution in [3.63, 3.8) is 0 Å². The summed E-state index contributed by atoms with van der Waals surface area (Å²) in [6.45, 7) is 4.12. The summed E-state index contributed by atoms with van der Waals surface area (Å²) in [5, 5.41) is 26.1. The first-order valence-electron chi connectivity index (χ1n) is 13.6. The number of alkyl halides is 3. The minimum atomic E-state index is -4.79. The number of aryl methyl sites for hydroxylation is 1. The molecule has 0 radical (unpaired) electrons. The molecule has 0 atom stereocenters. The van der Waals surface area contributed by atoms with Gasteiger partial charge in [-0.1, -0.05) is 11.3 Å². The molecule has 0 saturated carbocycles. The maximum Gasteiger partial charge on any atom is 0.435 e. The van der Waals surface area contributed by atoms with E-state index in [0.717, 1.165) is 17.0 Å². The third-order valence-electron chi connectivity index (χ3n) is 7.22. The lowest BCUT2D eigenvalue weighted by atomic mass is 10.1. The van der Waals surface area contributed by atoms with E-state index in [9.17, 15) is 23.5 Å². The van der Waals surface area contributed by atoms with E-state index >= 15 is 0 Å². The summed E-state index contributed by atoms with van der Waals surface area (Å²) >= 11 is 2.34. The van der Waals surface area contributed by atoms with Crippen LogP contribution >= 0.6 is 22.7 Å². The van der Waals surface area contributed by atoms with Crippen LogP contribution in [0.3, 0.4) is 0 Å². The number of nitrogens with one attached hydrogen (secondary N) is 1. The predicted octanol–water partition coefficient (Wildman–Crippen LogP) is 6.34. The van der Waals surface area contributed by atoms with Gasteiger partial charge in [-0.25, -0.2) is 9.97 Å². The lowest BCUT2D eigenvalue weighted by Crippen LogP contribution is -2.49. The normalized spacial score (nSPS) is 14.5. The molecule has 1 aliphatic heterocycles. The van der Waals surface area contributed by atoms with Gasteiger partial charge in [0.15, 0.2) is 5.71 Å². The average molecular weight is 638 g/mol. The quantitative estimate of drug-likeness (QED) is 0.143. The number of likely N-dealkylation sites (tertiary alicyclic amines) is 1. The molecule has 4 heterocycles. The third kappa shape index (κ3) is 5.91. The Morgan fingerprint density at radius 1 is 1.18 bits per heavy atom. The number of halogens is 3. The number of fused-ring (bicyclic) bond motifs is 1. The summed E-state index contributed by atoms with van der Waals surface area (Å²) in [7, 11) is 1.53. The molecule has 9 nitrogen and oxygen atoms in total. The zero-order chi connectivity index (χ0) is 31.0. The van der Waals surface area contributed by atoms with E-state index in [2.05, 4.69) is 26.5 Å². The van der Waals surface area contributed by atoms with Gasteiger partial charge in [0.05, 0.1) is 18.9 Å². The molecule has 0 bridgehead atoms. The third-order valence-corrected chi connectivity index (χ3v) is 9.03. The zero-order valence-corrected chi connectivity index (χ0v) is 25.2. The first kappa shape index (κ1) is 29.8. The number of hydrazone groups is 1. The molecule has 0 spiro atoms. The minimum Gasteiger partial charge on any atom is -0.497 e. The van der Waals surface area contributed by atoms with Crippen LogP contribution in [0.2, 0.25) is 0 Å². The fourth-order valence-electron chi connectivity index (χ4n) is 5.06. The van der Waals surface area contributed by atoms with Crippen LogP contribution in [0.4, 0.5) is 18.3 Å². The first-order chi connectivity index (χ1) is 21.2. The number of thiazole rings is 2. The van der Waals surface area contributed by atoms with Crippen molar-refractivity contribution in [1.82, 2.24) is 19.4 Å². The lowest BCUT2D eigenvalue weighted by molar-refractivity contribution is -0.0580. The lowest BCUT2D eigenvalue weighted by Gasteiger charge is -2.35. The molecule has 14 heteroatoms. The summed E-state index contributed by atoms with van der Waals surface area (Å²) in [4.78, 5) is 11.4. The van der Waals surface area contributed by atoms with Gasteiger partial charge in [-0.3, -0.25) is 10.3 Å². The van der Waals surface area contributed by atoms with Gasteiger partial charge in [0.1, 0.15) is 27.4 Å². The Morgan fingerprint density at radius 2 is 1.93 bits per heavy atom. The van der Waals surface area contributed by atoms with Crippen LogP contribution in [0, 0.1) is 11.3 Å². The molecule has 1 saturated heterocycles. The van der Waals surface area contributed by atoms with Crippen molar-refractivity contribution < 1.29 is 23.0 Å². The Hall–Kier alpha value is -4.29. The number of anilines is 1. The van der Waals surface area contributed by atoms with Gasteiger partial charge in [0, 0.05) is 65.3 Å². The van der Waals surface area contributed by atoms with Gasteiger partial charge < -0.3 is 14.4 Å². The Labute approximate surface area is 258 Å². The van der Waals surface area contributed by atoms with Gasteiger partial charge in [-0.15, -0.1) is 11.3 Å². The van der Waals surface area contributed by atoms with Crippen molar-refractivity contribution >= 4 is 44.4 Å².